The Balaban J connectivity index is 1.76. The quantitative estimate of drug-likeness (QED) is 0.409. The third-order valence-corrected chi connectivity index (χ3v) is 6.90. The van der Waals surface area contributed by atoms with Crippen LogP contribution in [0, 0.1) is 6.92 Å². The average molecular weight is 483 g/mol. The number of hydrogen-bond acceptors (Lipinski definition) is 6. The number of benzene rings is 2. The lowest BCUT2D eigenvalue weighted by Gasteiger charge is -2.09. The number of alkyl halides is 3. The van der Waals surface area contributed by atoms with Crippen molar-refractivity contribution in [3.63, 3.8) is 0 Å². The molecule has 0 bridgehead atoms. The molecule has 168 valence electrons. The van der Waals surface area contributed by atoms with Gasteiger partial charge in [0.15, 0.2) is 10.1 Å². The number of sulfone groups is 1. The van der Waals surface area contributed by atoms with Crippen LogP contribution in [0.5, 0.6) is 0 Å². The zero-order chi connectivity index (χ0) is 23.5. The molecule has 0 saturated heterocycles. The molecule has 2 aromatic carbocycles. The predicted molar refractivity (Wildman–Crippen MR) is 112 cm³/mol. The fourth-order valence-corrected chi connectivity index (χ4v) is 4.54. The van der Waals surface area contributed by atoms with Gasteiger partial charge in [-0.3, -0.25) is 9.59 Å². The van der Waals surface area contributed by atoms with Gasteiger partial charge in [-0.1, -0.05) is 36.0 Å². The number of thioether (sulfide) groups is 1. The second-order valence-corrected chi connectivity index (χ2v) is 9.44. The molecule has 0 aliphatic carbocycles. The largest absolute Gasteiger partial charge is 0.416 e. The van der Waals surface area contributed by atoms with Crippen LogP contribution in [0.15, 0.2) is 74.5 Å². The molecule has 0 unspecified atom stereocenters. The van der Waals surface area contributed by atoms with Gasteiger partial charge in [0.25, 0.3) is 5.56 Å². The van der Waals surface area contributed by atoms with E-state index in [-0.39, 0.29) is 16.8 Å². The van der Waals surface area contributed by atoms with Crippen LogP contribution in [-0.4, -0.2) is 30.0 Å². The lowest BCUT2D eigenvalue weighted by Crippen LogP contribution is -2.20. The van der Waals surface area contributed by atoms with Crippen molar-refractivity contribution < 1.29 is 26.4 Å². The summed E-state index contributed by atoms with van der Waals surface area (Å²) in [5.74, 6) is -0.482. The lowest BCUT2D eigenvalue weighted by atomic mass is 10.2. The summed E-state index contributed by atoms with van der Waals surface area (Å²) in [7, 11) is -4.54. The number of amides is 1. The Labute approximate surface area is 185 Å². The van der Waals surface area contributed by atoms with Crippen LogP contribution < -0.4 is 10.9 Å². The van der Waals surface area contributed by atoms with Gasteiger partial charge >= 0.3 is 6.18 Å². The van der Waals surface area contributed by atoms with E-state index < -0.39 is 36.9 Å². The number of aromatic nitrogens is 2. The van der Waals surface area contributed by atoms with Gasteiger partial charge in [0.2, 0.25) is 15.7 Å². The van der Waals surface area contributed by atoms with Gasteiger partial charge in [-0.2, -0.15) is 13.2 Å². The number of carbonyl (C=O) groups is 1. The molecule has 0 atom stereocenters. The fourth-order valence-electron chi connectivity index (χ4n) is 2.63. The Morgan fingerprint density at radius 2 is 1.88 bits per heavy atom. The van der Waals surface area contributed by atoms with Crippen LogP contribution in [0.4, 0.5) is 18.9 Å². The summed E-state index contributed by atoms with van der Waals surface area (Å²) in [4.78, 5) is 29.0. The highest BCUT2D eigenvalue weighted by molar-refractivity contribution is 7.99. The monoisotopic (exact) mass is 483 g/mol. The SMILES string of the molecule is Cc1ccccc1NC(=O)CSc1ncc(S(=O)(=O)c2cccc(C(F)(F)F)c2)c(=O)[nH]1. The first kappa shape index (κ1) is 23.5. The number of H-pyrrole nitrogens is 1. The molecule has 0 fully saturated rings. The maximum absolute atomic E-state index is 12.9. The number of aromatic amines is 1. The smallest absolute Gasteiger partial charge is 0.325 e. The van der Waals surface area contributed by atoms with Crippen LogP contribution in [-0.2, 0) is 20.8 Å². The number of hydrogen-bond donors (Lipinski definition) is 2. The molecule has 12 heteroatoms. The molecular weight excluding hydrogens is 467 g/mol. The zero-order valence-corrected chi connectivity index (χ0v) is 18.1. The van der Waals surface area contributed by atoms with Gasteiger partial charge in [0.1, 0.15) is 0 Å². The van der Waals surface area contributed by atoms with Crippen LogP contribution in [0.25, 0.3) is 0 Å². The maximum atomic E-state index is 12.9. The highest BCUT2D eigenvalue weighted by Gasteiger charge is 2.32. The molecule has 0 spiro atoms. The van der Waals surface area contributed by atoms with E-state index in [0.29, 0.717) is 11.8 Å². The number of halogens is 3. The average Bonchev–Trinajstić information content (AvgIpc) is 2.73. The van der Waals surface area contributed by atoms with E-state index in [0.717, 1.165) is 41.7 Å². The van der Waals surface area contributed by atoms with Crippen molar-refractivity contribution in [2.45, 2.75) is 28.0 Å². The summed E-state index contributed by atoms with van der Waals surface area (Å²) in [5, 5.41) is 2.69. The first-order valence-electron chi connectivity index (χ1n) is 8.98. The summed E-state index contributed by atoms with van der Waals surface area (Å²) in [6.07, 6.45) is -3.98. The predicted octanol–water partition coefficient (Wildman–Crippen LogP) is 3.66. The van der Waals surface area contributed by atoms with E-state index in [1.54, 1.807) is 12.1 Å². The van der Waals surface area contributed by atoms with Crippen LogP contribution in [0.2, 0.25) is 0 Å². The van der Waals surface area contributed by atoms with Crippen molar-refractivity contribution in [2.75, 3.05) is 11.1 Å². The Bertz CT molecular complexity index is 1320. The fraction of sp³-hybridized carbons (Fsp3) is 0.150. The number of anilines is 1. The van der Waals surface area contributed by atoms with Gasteiger partial charge in [-0.05, 0) is 36.8 Å². The Morgan fingerprint density at radius 1 is 1.16 bits per heavy atom. The summed E-state index contributed by atoms with van der Waals surface area (Å²) in [5.41, 5.74) is -0.724. The molecular formula is C20H16F3N3O4S2. The van der Waals surface area contributed by atoms with Gasteiger partial charge in [-0.25, -0.2) is 13.4 Å². The summed E-state index contributed by atoms with van der Waals surface area (Å²) >= 11 is 0.866. The van der Waals surface area contributed by atoms with Crippen LogP contribution >= 0.6 is 11.8 Å². The molecule has 3 rings (SSSR count). The van der Waals surface area contributed by atoms with Crippen molar-refractivity contribution in [3.8, 4) is 0 Å². The molecule has 0 radical (unpaired) electrons. The first-order chi connectivity index (χ1) is 15.0. The minimum atomic E-state index is -4.74. The summed E-state index contributed by atoms with van der Waals surface area (Å²) in [6, 6.07) is 10.2. The van der Waals surface area contributed by atoms with E-state index in [1.807, 2.05) is 19.1 Å². The molecule has 2 N–H and O–H groups in total. The Morgan fingerprint density at radius 3 is 2.53 bits per heavy atom. The Kier molecular flexibility index (Phi) is 6.74. The number of nitrogens with zero attached hydrogens (tertiary/aromatic N) is 1. The maximum Gasteiger partial charge on any atom is 0.416 e. The molecule has 0 aliphatic heterocycles. The first-order valence-corrected chi connectivity index (χ1v) is 11.5. The van der Waals surface area contributed by atoms with Crippen molar-refractivity contribution in [1.29, 1.82) is 0 Å². The van der Waals surface area contributed by atoms with Crippen molar-refractivity contribution in [2.24, 2.45) is 0 Å². The number of rotatable bonds is 6. The number of carbonyl (C=O) groups excluding carboxylic acids is 1. The molecule has 3 aromatic rings. The van der Waals surface area contributed by atoms with Gasteiger partial charge in [0, 0.05) is 5.69 Å². The second kappa shape index (κ2) is 9.17. The minimum Gasteiger partial charge on any atom is -0.325 e. The van der Waals surface area contributed by atoms with Crippen molar-refractivity contribution >= 4 is 33.2 Å². The van der Waals surface area contributed by atoms with E-state index in [4.69, 9.17) is 0 Å². The van der Waals surface area contributed by atoms with Gasteiger partial charge < -0.3 is 10.3 Å². The Hall–Kier alpha value is -3.12. The number of para-hydroxylation sites is 1. The highest BCUT2D eigenvalue weighted by atomic mass is 32.2. The lowest BCUT2D eigenvalue weighted by molar-refractivity contribution is -0.137. The zero-order valence-electron chi connectivity index (χ0n) is 16.4. The van der Waals surface area contributed by atoms with E-state index >= 15 is 0 Å². The summed E-state index contributed by atoms with van der Waals surface area (Å²) in [6.45, 7) is 1.82. The second-order valence-electron chi connectivity index (χ2n) is 6.56. The molecule has 1 heterocycles. The third-order valence-electron chi connectivity index (χ3n) is 4.26. The van der Waals surface area contributed by atoms with Crippen LogP contribution in [0.3, 0.4) is 0 Å². The van der Waals surface area contributed by atoms with Crippen molar-refractivity contribution in [1.82, 2.24) is 9.97 Å². The van der Waals surface area contributed by atoms with Gasteiger partial charge in [-0.15, -0.1) is 0 Å². The van der Waals surface area contributed by atoms with E-state index in [2.05, 4.69) is 15.3 Å². The molecule has 0 saturated carbocycles. The standard InChI is InChI=1S/C20H16F3N3O4S2/c1-12-5-2-3-8-15(12)25-17(27)11-31-19-24-10-16(18(28)26-19)32(29,30)14-7-4-6-13(9-14)20(21,22)23/h2-10H,11H2,1H3,(H,25,27)(H,24,26,28). The van der Waals surface area contributed by atoms with Crippen LogP contribution in [0.1, 0.15) is 11.1 Å². The number of aryl methyl sites for hydroxylation is 1. The van der Waals surface area contributed by atoms with Gasteiger partial charge in [0.05, 0.1) is 22.4 Å². The third kappa shape index (κ3) is 5.37. The molecule has 0 aliphatic rings. The molecule has 1 aromatic heterocycles. The van der Waals surface area contributed by atoms with Crippen molar-refractivity contribution in [3.05, 3.63) is 76.2 Å². The molecule has 32 heavy (non-hydrogen) atoms. The molecule has 1 amide bonds. The summed E-state index contributed by atoms with van der Waals surface area (Å²) < 4.78 is 64.0. The highest BCUT2D eigenvalue weighted by Crippen LogP contribution is 2.31. The van der Waals surface area contributed by atoms with E-state index in [9.17, 15) is 31.2 Å². The minimum absolute atomic E-state index is 0.0158. The topological polar surface area (TPSA) is 109 Å². The number of nitrogens with one attached hydrogen (secondary N) is 2. The molecule has 7 nitrogen and oxygen atoms in total. The normalized spacial score (nSPS) is 11.9. The van der Waals surface area contributed by atoms with E-state index in [1.165, 1.54) is 0 Å².